The molecule has 0 saturated heterocycles. The van der Waals surface area contributed by atoms with Crippen LogP contribution in [0, 0.1) is 0 Å². The topological polar surface area (TPSA) is 44.8 Å². The maximum atomic E-state index is 12.8. The molecule has 0 aliphatic carbocycles. The quantitative estimate of drug-likeness (QED) is 0.336. The molecule has 0 radical (unpaired) electrons. The van der Waals surface area contributed by atoms with Crippen LogP contribution in [0.25, 0.3) is 0 Å². The van der Waals surface area contributed by atoms with Crippen LogP contribution in [0.2, 0.25) is 0 Å². The Balaban J connectivity index is 2.12. The number of benzene rings is 2. The lowest BCUT2D eigenvalue weighted by atomic mass is 10.1. The summed E-state index contributed by atoms with van der Waals surface area (Å²) in [6.45, 7) is 4.36. The number of halogens is 3. The second-order valence-corrected chi connectivity index (χ2v) is 10.0. The smallest absolute Gasteiger partial charge is 0.361 e. The second-order valence-electron chi connectivity index (χ2n) is 5.64. The van der Waals surface area contributed by atoms with Gasteiger partial charge in [-0.25, -0.2) is 0 Å². The van der Waals surface area contributed by atoms with E-state index in [-0.39, 0.29) is 6.61 Å². The van der Waals surface area contributed by atoms with Crippen LogP contribution in [0.4, 0.5) is 0 Å². The molecule has 1 atom stereocenters. The van der Waals surface area contributed by atoms with Crippen molar-refractivity contribution < 1.29 is 18.3 Å². The van der Waals surface area contributed by atoms with Crippen LogP contribution in [0.1, 0.15) is 31.1 Å². The van der Waals surface area contributed by atoms with E-state index in [1.165, 1.54) is 0 Å². The standard InChI is InChI=1S/C19H22Cl3O4P/c1-3-25-27(23,26-4-2)17-12-10-15(11-13-17)14-24-18(19(20,21)22)16-8-6-5-7-9-16/h5-13,18H,3-4,14H2,1-2H3. The third kappa shape index (κ3) is 6.47. The van der Waals surface area contributed by atoms with Gasteiger partial charge in [-0.15, -0.1) is 0 Å². The van der Waals surface area contributed by atoms with E-state index >= 15 is 0 Å². The van der Waals surface area contributed by atoms with Crippen molar-refractivity contribution in [1.29, 1.82) is 0 Å². The van der Waals surface area contributed by atoms with E-state index in [1.54, 1.807) is 38.1 Å². The molecule has 0 saturated carbocycles. The van der Waals surface area contributed by atoms with Gasteiger partial charge in [0.1, 0.15) is 6.10 Å². The van der Waals surface area contributed by atoms with Gasteiger partial charge in [0.15, 0.2) is 0 Å². The fourth-order valence-corrected chi connectivity index (χ4v) is 4.62. The Hall–Kier alpha value is -0.580. The molecule has 1 unspecified atom stereocenters. The zero-order chi connectivity index (χ0) is 19.9. The molecule has 0 N–H and O–H groups in total. The average molecular weight is 452 g/mol. The minimum absolute atomic E-state index is 0.224. The Morgan fingerprint density at radius 3 is 1.96 bits per heavy atom. The molecule has 0 aliphatic rings. The Morgan fingerprint density at radius 1 is 0.926 bits per heavy atom. The lowest BCUT2D eigenvalue weighted by Gasteiger charge is -2.25. The largest absolute Gasteiger partial charge is 0.364 e. The third-order valence-electron chi connectivity index (χ3n) is 3.67. The Morgan fingerprint density at radius 2 is 1.48 bits per heavy atom. The molecular weight excluding hydrogens is 430 g/mol. The fourth-order valence-electron chi connectivity index (χ4n) is 2.49. The summed E-state index contributed by atoms with van der Waals surface area (Å²) in [7, 11) is -3.31. The molecule has 2 rings (SSSR count). The van der Waals surface area contributed by atoms with Crippen molar-refractivity contribution in [1.82, 2.24) is 0 Å². The van der Waals surface area contributed by atoms with Crippen molar-refractivity contribution in [2.24, 2.45) is 0 Å². The van der Waals surface area contributed by atoms with Gasteiger partial charge in [0, 0.05) is 0 Å². The molecule has 148 valence electrons. The van der Waals surface area contributed by atoms with Gasteiger partial charge >= 0.3 is 7.60 Å². The van der Waals surface area contributed by atoms with Crippen LogP contribution in [-0.2, 0) is 25.0 Å². The van der Waals surface area contributed by atoms with E-state index < -0.39 is 17.5 Å². The molecule has 0 heterocycles. The normalized spacial score (nSPS) is 13.5. The molecule has 0 aromatic heterocycles. The Kier molecular flexibility index (Phi) is 8.64. The first-order valence-electron chi connectivity index (χ1n) is 8.52. The highest BCUT2D eigenvalue weighted by Crippen LogP contribution is 2.47. The molecule has 0 fully saturated rings. The zero-order valence-electron chi connectivity index (χ0n) is 15.1. The number of hydrogen-bond donors (Lipinski definition) is 0. The van der Waals surface area contributed by atoms with Crippen molar-refractivity contribution in [3.05, 3.63) is 65.7 Å². The van der Waals surface area contributed by atoms with Gasteiger partial charge in [-0.3, -0.25) is 4.57 Å². The SMILES string of the molecule is CCOP(=O)(OCC)c1ccc(COC(c2ccccc2)C(Cl)(Cl)Cl)cc1. The van der Waals surface area contributed by atoms with Crippen molar-refractivity contribution in [2.75, 3.05) is 13.2 Å². The molecule has 27 heavy (non-hydrogen) atoms. The van der Waals surface area contributed by atoms with Gasteiger partial charge < -0.3 is 13.8 Å². The van der Waals surface area contributed by atoms with Crippen LogP contribution in [0.3, 0.4) is 0 Å². The number of rotatable bonds is 9. The van der Waals surface area contributed by atoms with E-state index in [0.717, 1.165) is 11.1 Å². The highest BCUT2D eigenvalue weighted by Gasteiger charge is 2.35. The van der Waals surface area contributed by atoms with Gasteiger partial charge in [0.2, 0.25) is 3.79 Å². The van der Waals surface area contributed by atoms with Gasteiger partial charge in [0.25, 0.3) is 0 Å². The number of hydrogen-bond acceptors (Lipinski definition) is 4. The van der Waals surface area contributed by atoms with E-state index in [0.29, 0.717) is 18.5 Å². The van der Waals surface area contributed by atoms with Gasteiger partial charge in [-0.2, -0.15) is 0 Å². The highest BCUT2D eigenvalue weighted by atomic mass is 35.6. The monoisotopic (exact) mass is 450 g/mol. The van der Waals surface area contributed by atoms with Crippen molar-refractivity contribution in [2.45, 2.75) is 30.4 Å². The maximum Gasteiger partial charge on any atom is 0.361 e. The Bertz CT molecular complexity index is 738. The minimum atomic E-state index is -3.31. The first-order chi connectivity index (χ1) is 12.8. The summed E-state index contributed by atoms with van der Waals surface area (Å²) in [5.41, 5.74) is 1.61. The summed E-state index contributed by atoms with van der Waals surface area (Å²) < 4.78 is 27.7. The van der Waals surface area contributed by atoms with Gasteiger partial charge in [-0.1, -0.05) is 77.3 Å². The van der Waals surface area contributed by atoms with Gasteiger partial charge in [-0.05, 0) is 37.1 Å². The molecule has 0 aliphatic heterocycles. The number of ether oxygens (including phenoxy) is 1. The summed E-state index contributed by atoms with van der Waals surface area (Å²) >= 11 is 18.3. The lowest BCUT2D eigenvalue weighted by molar-refractivity contribution is 0.0422. The van der Waals surface area contributed by atoms with Crippen LogP contribution < -0.4 is 5.30 Å². The fraction of sp³-hybridized carbons (Fsp3) is 0.368. The number of alkyl halides is 3. The van der Waals surface area contributed by atoms with Crippen LogP contribution >= 0.6 is 42.4 Å². The van der Waals surface area contributed by atoms with Crippen molar-refractivity contribution >= 4 is 47.7 Å². The molecule has 4 nitrogen and oxygen atoms in total. The maximum absolute atomic E-state index is 12.8. The predicted octanol–water partition coefficient (Wildman–Crippen LogP) is 6.21. The van der Waals surface area contributed by atoms with E-state index in [4.69, 9.17) is 48.6 Å². The molecule has 0 spiro atoms. The molecule has 2 aromatic rings. The summed E-state index contributed by atoms with van der Waals surface area (Å²) in [5.74, 6) is 0. The van der Waals surface area contributed by atoms with Crippen molar-refractivity contribution in [3.8, 4) is 0 Å². The minimum Gasteiger partial charge on any atom is -0.364 e. The zero-order valence-corrected chi connectivity index (χ0v) is 18.3. The van der Waals surface area contributed by atoms with E-state index in [2.05, 4.69) is 0 Å². The average Bonchev–Trinajstić information content (AvgIpc) is 2.62. The predicted molar refractivity (Wildman–Crippen MR) is 111 cm³/mol. The van der Waals surface area contributed by atoms with Crippen molar-refractivity contribution in [3.63, 3.8) is 0 Å². The van der Waals surface area contributed by atoms with Crippen LogP contribution in [-0.4, -0.2) is 17.0 Å². The summed E-state index contributed by atoms with van der Waals surface area (Å²) in [5, 5.41) is 0.496. The van der Waals surface area contributed by atoms with Gasteiger partial charge in [0.05, 0.1) is 25.1 Å². The summed E-state index contributed by atoms with van der Waals surface area (Å²) in [4.78, 5) is 0. The lowest BCUT2D eigenvalue weighted by Crippen LogP contribution is -2.20. The van der Waals surface area contributed by atoms with Crippen LogP contribution in [0.5, 0.6) is 0 Å². The first-order valence-corrected chi connectivity index (χ1v) is 11.2. The van der Waals surface area contributed by atoms with E-state index in [9.17, 15) is 4.57 Å². The molecule has 0 bridgehead atoms. The summed E-state index contributed by atoms with van der Waals surface area (Å²) in [6.07, 6.45) is -0.721. The Labute approximate surface area is 175 Å². The second kappa shape index (κ2) is 10.3. The summed E-state index contributed by atoms with van der Waals surface area (Å²) in [6, 6.07) is 16.3. The molecule has 8 heteroatoms. The molecular formula is C19H22Cl3O4P. The highest BCUT2D eigenvalue weighted by molar-refractivity contribution is 7.62. The van der Waals surface area contributed by atoms with Crippen LogP contribution in [0.15, 0.2) is 54.6 Å². The first kappa shape index (κ1) is 22.7. The van der Waals surface area contributed by atoms with E-state index in [1.807, 2.05) is 30.3 Å². The third-order valence-corrected chi connectivity index (χ3v) is 6.39. The molecule has 2 aromatic carbocycles. The molecule has 0 amide bonds.